The Morgan fingerprint density at radius 2 is 1.96 bits per heavy atom. The van der Waals surface area contributed by atoms with Gasteiger partial charge in [0.2, 0.25) is 5.91 Å². The molecule has 1 aromatic heterocycles. The molecular formula is C16H19ClN4O2S. The molecule has 3 rings (SSSR count). The number of hydrogen-bond donors (Lipinski definition) is 0. The van der Waals surface area contributed by atoms with Gasteiger partial charge < -0.3 is 14.2 Å². The summed E-state index contributed by atoms with van der Waals surface area (Å²) >= 11 is 7.36. The summed E-state index contributed by atoms with van der Waals surface area (Å²) in [6.07, 6.45) is 0. The summed E-state index contributed by atoms with van der Waals surface area (Å²) in [7, 11) is 0. The minimum Gasteiger partial charge on any atom is -0.378 e. The van der Waals surface area contributed by atoms with Crippen LogP contribution < -0.4 is 0 Å². The highest BCUT2D eigenvalue weighted by atomic mass is 35.5. The van der Waals surface area contributed by atoms with Gasteiger partial charge in [-0.25, -0.2) is 0 Å². The number of carbonyl (C=O) groups excluding carboxylic acids is 1. The van der Waals surface area contributed by atoms with E-state index in [-0.39, 0.29) is 5.91 Å². The quantitative estimate of drug-likeness (QED) is 0.761. The average Bonchev–Trinajstić information content (AvgIpc) is 3.04. The van der Waals surface area contributed by atoms with Crippen molar-refractivity contribution in [2.24, 2.45) is 0 Å². The maximum absolute atomic E-state index is 12.3. The average molecular weight is 367 g/mol. The number of amides is 1. The number of rotatable bonds is 5. The van der Waals surface area contributed by atoms with E-state index in [9.17, 15) is 4.79 Å². The van der Waals surface area contributed by atoms with Crippen molar-refractivity contribution in [3.05, 3.63) is 29.3 Å². The summed E-state index contributed by atoms with van der Waals surface area (Å²) in [6, 6.07) is 7.51. The van der Waals surface area contributed by atoms with Gasteiger partial charge in [-0.2, -0.15) is 0 Å². The van der Waals surface area contributed by atoms with Crippen molar-refractivity contribution in [3.8, 4) is 11.4 Å². The van der Waals surface area contributed by atoms with Gasteiger partial charge in [0, 0.05) is 30.2 Å². The van der Waals surface area contributed by atoms with Gasteiger partial charge in [-0.1, -0.05) is 23.4 Å². The number of thioether (sulfide) groups is 1. The topological polar surface area (TPSA) is 60.2 Å². The fraction of sp³-hybridized carbons (Fsp3) is 0.438. The first kappa shape index (κ1) is 17.3. The molecule has 1 aliphatic rings. The molecule has 1 fully saturated rings. The standard InChI is InChI=1S/C16H19ClN4O2S/c1-2-21-15(12-3-5-13(17)6-4-12)18-19-16(21)24-11-14(22)20-7-9-23-10-8-20/h3-6H,2,7-11H2,1H3. The van der Waals surface area contributed by atoms with Crippen LogP contribution in [0.1, 0.15) is 6.92 Å². The summed E-state index contributed by atoms with van der Waals surface area (Å²) in [6.45, 7) is 5.33. The van der Waals surface area contributed by atoms with Crippen LogP contribution >= 0.6 is 23.4 Å². The number of ether oxygens (including phenoxy) is 1. The lowest BCUT2D eigenvalue weighted by atomic mass is 10.2. The molecule has 8 heteroatoms. The van der Waals surface area contributed by atoms with Crippen molar-refractivity contribution >= 4 is 29.3 Å². The van der Waals surface area contributed by atoms with Crippen LogP contribution in [0, 0.1) is 0 Å². The van der Waals surface area contributed by atoms with Gasteiger partial charge in [-0.3, -0.25) is 4.79 Å². The van der Waals surface area contributed by atoms with E-state index < -0.39 is 0 Å². The fourth-order valence-corrected chi connectivity index (χ4v) is 3.55. The highest BCUT2D eigenvalue weighted by Gasteiger charge is 2.19. The molecule has 128 valence electrons. The largest absolute Gasteiger partial charge is 0.378 e. The van der Waals surface area contributed by atoms with Crippen LogP contribution in [0.2, 0.25) is 5.02 Å². The third-order valence-electron chi connectivity index (χ3n) is 3.82. The zero-order valence-electron chi connectivity index (χ0n) is 13.4. The molecule has 0 radical (unpaired) electrons. The normalized spacial score (nSPS) is 14.8. The lowest BCUT2D eigenvalue weighted by Gasteiger charge is -2.26. The molecule has 1 saturated heterocycles. The number of halogens is 1. The van der Waals surface area contributed by atoms with Gasteiger partial charge in [0.15, 0.2) is 11.0 Å². The van der Waals surface area contributed by atoms with Crippen molar-refractivity contribution in [2.75, 3.05) is 32.1 Å². The zero-order valence-corrected chi connectivity index (χ0v) is 15.0. The Bertz CT molecular complexity index is 699. The van der Waals surface area contributed by atoms with Crippen LogP contribution in [-0.4, -0.2) is 57.6 Å². The lowest BCUT2D eigenvalue weighted by Crippen LogP contribution is -2.41. The molecule has 0 aliphatic carbocycles. The van der Waals surface area contributed by atoms with Crippen LogP contribution in [-0.2, 0) is 16.1 Å². The predicted octanol–water partition coefficient (Wildman–Crippen LogP) is 2.57. The van der Waals surface area contributed by atoms with E-state index in [1.54, 1.807) is 0 Å². The first-order valence-corrected chi connectivity index (χ1v) is 9.23. The third kappa shape index (κ3) is 3.91. The van der Waals surface area contributed by atoms with Crippen molar-refractivity contribution in [1.29, 1.82) is 0 Å². The molecule has 0 spiro atoms. The molecule has 2 heterocycles. The third-order valence-corrected chi connectivity index (χ3v) is 5.03. The first-order valence-electron chi connectivity index (χ1n) is 7.86. The Morgan fingerprint density at radius 3 is 2.62 bits per heavy atom. The van der Waals surface area contributed by atoms with Crippen LogP contribution in [0.4, 0.5) is 0 Å². The van der Waals surface area contributed by atoms with E-state index in [4.69, 9.17) is 16.3 Å². The maximum atomic E-state index is 12.3. The SMILES string of the molecule is CCn1c(SCC(=O)N2CCOCC2)nnc1-c1ccc(Cl)cc1. The Kier molecular flexibility index (Phi) is 5.76. The molecule has 0 unspecified atom stereocenters. The Balaban J connectivity index is 1.70. The van der Waals surface area contributed by atoms with E-state index in [1.807, 2.05) is 40.7 Å². The van der Waals surface area contributed by atoms with Gasteiger partial charge in [-0.15, -0.1) is 10.2 Å². The van der Waals surface area contributed by atoms with E-state index >= 15 is 0 Å². The molecule has 6 nitrogen and oxygen atoms in total. The van der Waals surface area contributed by atoms with E-state index in [0.717, 1.165) is 23.1 Å². The molecule has 1 aromatic carbocycles. The van der Waals surface area contributed by atoms with Crippen molar-refractivity contribution in [1.82, 2.24) is 19.7 Å². The van der Waals surface area contributed by atoms with Gasteiger partial charge in [0.05, 0.1) is 19.0 Å². The Hall–Kier alpha value is -1.57. The highest BCUT2D eigenvalue weighted by Crippen LogP contribution is 2.25. The molecule has 0 bridgehead atoms. The number of aromatic nitrogens is 3. The summed E-state index contributed by atoms with van der Waals surface area (Å²) in [5, 5.41) is 9.97. The Labute approximate surface area is 150 Å². The molecule has 0 atom stereocenters. The van der Waals surface area contributed by atoms with E-state index in [0.29, 0.717) is 37.1 Å². The second-order valence-electron chi connectivity index (χ2n) is 5.34. The van der Waals surface area contributed by atoms with Gasteiger partial charge in [-0.05, 0) is 31.2 Å². The second kappa shape index (κ2) is 8.00. The maximum Gasteiger partial charge on any atom is 0.233 e. The Morgan fingerprint density at radius 1 is 1.25 bits per heavy atom. The van der Waals surface area contributed by atoms with E-state index in [1.165, 1.54) is 11.8 Å². The smallest absolute Gasteiger partial charge is 0.233 e. The summed E-state index contributed by atoms with van der Waals surface area (Å²) < 4.78 is 7.29. The lowest BCUT2D eigenvalue weighted by molar-refractivity contribution is -0.132. The molecule has 2 aromatic rings. The molecular weight excluding hydrogens is 348 g/mol. The van der Waals surface area contributed by atoms with Gasteiger partial charge in [0.1, 0.15) is 0 Å². The van der Waals surface area contributed by atoms with E-state index in [2.05, 4.69) is 10.2 Å². The number of nitrogens with zero attached hydrogens (tertiary/aromatic N) is 4. The number of benzene rings is 1. The number of hydrogen-bond acceptors (Lipinski definition) is 5. The predicted molar refractivity (Wildman–Crippen MR) is 94.3 cm³/mol. The molecule has 1 aliphatic heterocycles. The number of morpholine rings is 1. The fourth-order valence-electron chi connectivity index (χ4n) is 2.52. The zero-order chi connectivity index (χ0) is 16.9. The van der Waals surface area contributed by atoms with Gasteiger partial charge in [0.25, 0.3) is 0 Å². The van der Waals surface area contributed by atoms with Crippen LogP contribution in [0.25, 0.3) is 11.4 Å². The van der Waals surface area contributed by atoms with Crippen molar-refractivity contribution < 1.29 is 9.53 Å². The molecule has 1 amide bonds. The first-order chi connectivity index (χ1) is 11.7. The minimum atomic E-state index is 0.113. The monoisotopic (exact) mass is 366 g/mol. The number of carbonyl (C=O) groups is 1. The highest BCUT2D eigenvalue weighted by molar-refractivity contribution is 7.99. The molecule has 24 heavy (non-hydrogen) atoms. The molecule has 0 saturated carbocycles. The minimum absolute atomic E-state index is 0.113. The van der Waals surface area contributed by atoms with Crippen LogP contribution in [0.3, 0.4) is 0 Å². The second-order valence-corrected chi connectivity index (χ2v) is 6.72. The van der Waals surface area contributed by atoms with Gasteiger partial charge >= 0.3 is 0 Å². The summed E-state index contributed by atoms with van der Waals surface area (Å²) in [5.41, 5.74) is 0.958. The summed E-state index contributed by atoms with van der Waals surface area (Å²) in [5.74, 6) is 1.26. The molecule has 0 N–H and O–H groups in total. The summed E-state index contributed by atoms with van der Waals surface area (Å²) in [4.78, 5) is 14.1. The van der Waals surface area contributed by atoms with Crippen LogP contribution in [0.15, 0.2) is 29.4 Å². The van der Waals surface area contributed by atoms with Crippen molar-refractivity contribution in [3.63, 3.8) is 0 Å². The van der Waals surface area contributed by atoms with Crippen LogP contribution in [0.5, 0.6) is 0 Å². The van der Waals surface area contributed by atoms with Crippen molar-refractivity contribution in [2.45, 2.75) is 18.6 Å².